The predicted octanol–water partition coefficient (Wildman–Crippen LogP) is 2.63. The van der Waals surface area contributed by atoms with Gasteiger partial charge in [0.2, 0.25) is 0 Å². The largest absolute Gasteiger partial charge is 0.391 e. The predicted molar refractivity (Wildman–Crippen MR) is 77.2 cm³/mol. The van der Waals surface area contributed by atoms with Gasteiger partial charge in [-0.3, -0.25) is 9.88 Å². The van der Waals surface area contributed by atoms with E-state index in [1.165, 1.54) is 11.3 Å². The van der Waals surface area contributed by atoms with Crippen molar-refractivity contribution in [3.63, 3.8) is 0 Å². The summed E-state index contributed by atoms with van der Waals surface area (Å²) in [6.45, 7) is 6.01. The second-order valence-corrected chi connectivity index (χ2v) is 5.15. The Kier molecular flexibility index (Phi) is 4.91. The van der Waals surface area contributed by atoms with Crippen molar-refractivity contribution in [3.05, 3.63) is 29.6 Å². The number of nitrogens with zero attached hydrogens (tertiary/aromatic N) is 3. The molecule has 2 heterocycles. The van der Waals surface area contributed by atoms with Crippen LogP contribution in [0.15, 0.2) is 23.5 Å². The maximum absolute atomic E-state index is 5.43. The number of aryl methyl sites for hydroxylation is 1. The topological polar surface area (TPSA) is 37.7 Å². The summed E-state index contributed by atoms with van der Waals surface area (Å²) in [7, 11) is 2.10. The Bertz CT molecular complexity index is 428. The molecule has 104 valence electrons. The van der Waals surface area contributed by atoms with Gasteiger partial charge in [-0.05, 0) is 31.5 Å². The number of hydrogen-bond acceptors (Lipinski definition) is 4. The lowest BCUT2D eigenvalue weighted by atomic mass is 10.1. The highest BCUT2D eigenvalue weighted by molar-refractivity contribution is 5.85. The third-order valence-corrected chi connectivity index (χ3v) is 3.44. The summed E-state index contributed by atoms with van der Waals surface area (Å²) < 4.78 is 0. The first-order valence-corrected chi connectivity index (χ1v) is 7.05. The van der Waals surface area contributed by atoms with Crippen LogP contribution < -0.4 is 0 Å². The molecule has 0 fully saturated rings. The summed E-state index contributed by atoms with van der Waals surface area (Å²) >= 11 is 0. The average Bonchev–Trinajstić information content (AvgIpc) is 2.87. The summed E-state index contributed by atoms with van der Waals surface area (Å²) in [5, 5.41) is 4.09. The lowest BCUT2D eigenvalue weighted by Crippen LogP contribution is -2.29. The second kappa shape index (κ2) is 6.66. The molecule has 0 radical (unpaired) electrons. The van der Waals surface area contributed by atoms with Crippen LogP contribution in [0.4, 0.5) is 0 Å². The van der Waals surface area contributed by atoms with Gasteiger partial charge >= 0.3 is 0 Å². The number of rotatable bonds is 6. The molecule has 0 aromatic carbocycles. The van der Waals surface area contributed by atoms with Crippen LogP contribution in [0.3, 0.4) is 0 Å². The Labute approximate surface area is 115 Å². The lowest BCUT2D eigenvalue weighted by Gasteiger charge is -2.19. The molecule has 2 rings (SSSR count). The van der Waals surface area contributed by atoms with Crippen molar-refractivity contribution >= 4 is 5.71 Å². The van der Waals surface area contributed by atoms with Gasteiger partial charge in [0.15, 0.2) is 0 Å². The summed E-state index contributed by atoms with van der Waals surface area (Å²) in [6.07, 6.45) is 5.15. The SMILES string of the molecule is CCC1=NO[C@H](CN(C)Cc2ccc(CC)cn2)C1. The molecule has 1 aromatic rings. The lowest BCUT2D eigenvalue weighted by molar-refractivity contribution is 0.0574. The van der Waals surface area contributed by atoms with Gasteiger partial charge < -0.3 is 4.84 Å². The molecule has 1 aliphatic rings. The molecule has 0 spiro atoms. The monoisotopic (exact) mass is 261 g/mol. The van der Waals surface area contributed by atoms with E-state index in [1.54, 1.807) is 0 Å². The number of aromatic nitrogens is 1. The summed E-state index contributed by atoms with van der Waals surface area (Å²) in [5.74, 6) is 0. The van der Waals surface area contributed by atoms with E-state index < -0.39 is 0 Å². The van der Waals surface area contributed by atoms with E-state index in [4.69, 9.17) is 4.84 Å². The molecule has 1 aromatic heterocycles. The van der Waals surface area contributed by atoms with E-state index in [0.717, 1.165) is 38.0 Å². The Morgan fingerprint density at radius 3 is 2.74 bits per heavy atom. The molecule has 0 bridgehead atoms. The fraction of sp³-hybridized carbons (Fsp3) is 0.600. The Hall–Kier alpha value is -1.42. The first-order valence-electron chi connectivity index (χ1n) is 7.05. The van der Waals surface area contributed by atoms with E-state index in [9.17, 15) is 0 Å². The molecular weight excluding hydrogens is 238 g/mol. The van der Waals surface area contributed by atoms with Crippen molar-refractivity contribution in [2.24, 2.45) is 5.16 Å². The molecule has 0 unspecified atom stereocenters. The fourth-order valence-electron chi connectivity index (χ4n) is 2.24. The first kappa shape index (κ1) is 14.0. The summed E-state index contributed by atoms with van der Waals surface area (Å²) in [5.41, 5.74) is 3.56. The Morgan fingerprint density at radius 1 is 1.32 bits per heavy atom. The number of likely N-dealkylation sites (N-methyl/N-ethyl adjacent to an activating group) is 1. The molecule has 0 saturated heterocycles. The van der Waals surface area contributed by atoms with Crippen molar-refractivity contribution < 1.29 is 4.84 Å². The molecule has 0 aliphatic carbocycles. The zero-order valence-corrected chi connectivity index (χ0v) is 12.1. The van der Waals surface area contributed by atoms with Gasteiger partial charge in [-0.2, -0.15) is 0 Å². The highest BCUT2D eigenvalue weighted by atomic mass is 16.6. The van der Waals surface area contributed by atoms with Gasteiger partial charge in [0.1, 0.15) is 6.10 Å². The Balaban J connectivity index is 1.79. The van der Waals surface area contributed by atoms with Crippen molar-refractivity contribution in [3.8, 4) is 0 Å². The van der Waals surface area contributed by atoms with Gasteiger partial charge in [0, 0.05) is 25.7 Å². The number of hydrogen-bond donors (Lipinski definition) is 0. The van der Waals surface area contributed by atoms with Gasteiger partial charge in [-0.15, -0.1) is 0 Å². The highest BCUT2D eigenvalue weighted by Crippen LogP contribution is 2.14. The minimum absolute atomic E-state index is 0.204. The first-order chi connectivity index (χ1) is 9.21. The van der Waals surface area contributed by atoms with E-state index in [1.807, 2.05) is 6.20 Å². The van der Waals surface area contributed by atoms with Crippen molar-refractivity contribution in [1.29, 1.82) is 0 Å². The average molecular weight is 261 g/mol. The summed E-state index contributed by atoms with van der Waals surface area (Å²) in [4.78, 5) is 12.2. The van der Waals surface area contributed by atoms with Crippen LogP contribution in [0.1, 0.15) is 37.9 Å². The molecule has 1 atom stereocenters. The second-order valence-electron chi connectivity index (χ2n) is 5.15. The normalized spacial score (nSPS) is 18.5. The zero-order chi connectivity index (χ0) is 13.7. The molecule has 4 heteroatoms. The molecule has 0 amide bonds. The van der Waals surface area contributed by atoms with Crippen molar-refractivity contribution in [2.45, 2.75) is 45.8 Å². The van der Waals surface area contributed by atoms with Crippen LogP contribution in [0, 0.1) is 0 Å². The maximum atomic E-state index is 5.43. The van der Waals surface area contributed by atoms with Crippen LogP contribution in [-0.2, 0) is 17.8 Å². The quantitative estimate of drug-likeness (QED) is 0.790. The number of oxime groups is 1. The minimum Gasteiger partial charge on any atom is -0.391 e. The molecule has 0 saturated carbocycles. The molecule has 19 heavy (non-hydrogen) atoms. The molecular formula is C15H23N3O. The van der Waals surface area contributed by atoms with E-state index in [-0.39, 0.29) is 6.10 Å². The highest BCUT2D eigenvalue weighted by Gasteiger charge is 2.21. The van der Waals surface area contributed by atoms with Crippen LogP contribution in [0.2, 0.25) is 0 Å². The molecule has 0 N–H and O–H groups in total. The summed E-state index contributed by atoms with van der Waals surface area (Å²) in [6, 6.07) is 4.26. The van der Waals surface area contributed by atoms with Gasteiger partial charge in [0.25, 0.3) is 0 Å². The zero-order valence-electron chi connectivity index (χ0n) is 12.1. The smallest absolute Gasteiger partial charge is 0.145 e. The molecule has 1 aliphatic heterocycles. The third-order valence-electron chi connectivity index (χ3n) is 3.44. The van der Waals surface area contributed by atoms with Crippen LogP contribution in [-0.4, -0.2) is 35.3 Å². The van der Waals surface area contributed by atoms with Gasteiger partial charge in [0.05, 0.1) is 11.4 Å². The maximum Gasteiger partial charge on any atom is 0.145 e. The van der Waals surface area contributed by atoms with Crippen molar-refractivity contribution in [1.82, 2.24) is 9.88 Å². The standard InChI is InChI=1S/C15H23N3O/c1-4-12-6-7-14(16-9-12)10-18(3)11-15-8-13(5-2)17-19-15/h6-7,9,15H,4-5,8,10-11H2,1-3H3/t15-/m0/s1. The van der Waals surface area contributed by atoms with E-state index in [2.05, 4.69) is 48.1 Å². The van der Waals surface area contributed by atoms with Crippen LogP contribution in [0.5, 0.6) is 0 Å². The third kappa shape index (κ3) is 4.03. The van der Waals surface area contributed by atoms with E-state index in [0.29, 0.717) is 0 Å². The minimum atomic E-state index is 0.204. The Morgan fingerprint density at radius 2 is 2.16 bits per heavy atom. The molecule has 4 nitrogen and oxygen atoms in total. The number of pyridine rings is 1. The van der Waals surface area contributed by atoms with Gasteiger partial charge in [-0.1, -0.05) is 25.1 Å². The van der Waals surface area contributed by atoms with E-state index >= 15 is 0 Å². The van der Waals surface area contributed by atoms with Crippen LogP contribution in [0.25, 0.3) is 0 Å². The van der Waals surface area contributed by atoms with Gasteiger partial charge in [-0.25, -0.2) is 0 Å². The van der Waals surface area contributed by atoms with Crippen LogP contribution >= 0.6 is 0 Å². The fourth-order valence-corrected chi connectivity index (χ4v) is 2.24. The van der Waals surface area contributed by atoms with Crippen molar-refractivity contribution in [2.75, 3.05) is 13.6 Å².